The minimum Gasteiger partial charge on any atom is -0.491 e. The SMILES string of the molecule is Cc1cccc(OCCNC(=O)COc2ccc(Cl)cc2Br)c1C. The Kier molecular flexibility index (Phi) is 6.94. The summed E-state index contributed by atoms with van der Waals surface area (Å²) in [6.45, 7) is 4.80. The first-order valence-corrected chi connectivity index (χ1v) is 8.68. The highest BCUT2D eigenvalue weighted by Gasteiger charge is 2.06. The summed E-state index contributed by atoms with van der Waals surface area (Å²) in [5.41, 5.74) is 2.29. The van der Waals surface area contributed by atoms with E-state index in [1.54, 1.807) is 18.2 Å². The fourth-order valence-corrected chi connectivity index (χ4v) is 2.82. The Labute approximate surface area is 155 Å². The number of aryl methyl sites for hydroxylation is 1. The van der Waals surface area contributed by atoms with Crippen LogP contribution in [0.4, 0.5) is 0 Å². The molecule has 0 aromatic heterocycles. The lowest BCUT2D eigenvalue weighted by Crippen LogP contribution is -2.32. The molecule has 0 saturated carbocycles. The molecule has 0 fully saturated rings. The zero-order chi connectivity index (χ0) is 17.5. The van der Waals surface area contributed by atoms with E-state index in [1.807, 2.05) is 32.0 Å². The van der Waals surface area contributed by atoms with Gasteiger partial charge in [-0.15, -0.1) is 0 Å². The summed E-state index contributed by atoms with van der Waals surface area (Å²) in [5.74, 6) is 1.20. The van der Waals surface area contributed by atoms with Gasteiger partial charge in [-0.1, -0.05) is 23.7 Å². The van der Waals surface area contributed by atoms with Gasteiger partial charge in [-0.2, -0.15) is 0 Å². The number of hydrogen-bond acceptors (Lipinski definition) is 3. The Morgan fingerprint density at radius 2 is 1.96 bits per heavy atom. The quantitative estimate of drug-likeness (QED) is 0.690. The highest BCUT2D eigenvalue weighted by molar-refractivity contribution is 9.10. The molecule has 0 spiro atoms. The van der Waals surface area contributed by atoms with Crippen LogP contribution in [0.25, 0.3) is 0 Å². The molecule has 2 aromatic carbocycles. The number of carbonyl (C=O) groups is 1. The molecule has 6 heteroatoms. The molecule has 0 heterocycles. The second-order valence-corrected chi connectivity index (χ2v) is 6.55. The number of carbonyl (C=O) groups excluding carboxylic acids is 1. The standard InChI is InChI=1S/C18H19BrClNO3/c1-12-4-3-5-16(13(12)2)23-9-8-21-18(22)11-24-17-7-6-14(20)10-15(17)19/h3-7,10H,8-9,11H2,1-2H3,(H,21,22). The molecule has 1 amide bonds. The van der Waals surface area contributed by atoms with E-state index in [0.717, 1.165) is 11.3 Å². The van der Waals surface area contributed by atoms with Crippen molar-refractivity contribution in [1.82, 2.24) is 5.32 Å². The van der Waals surface area contributed by atoms with E-state index < -0.39 is 0 Å². The summed E-state index contributed by atoms with van der Waals surface area (Å²) < 4.78 is 11.8. The highest BCUT2D eigenvalue weighted by atomic mass is 79.9. The zero-order valence-corrected chi connectivity index (χ0v) is 15.9. The molecule has 0 atom stereocenters. The number of ether oxygens (including phenoxy) is 2. The average molecular weight is 413 g/mol. The molecule has 0 unspecified atom stereocenters. The van der Waals surface area contributed by atoms with E-state index in [9.17, 15) is 4.79 Å². The molecule has 0 saturated heterocycles. The van der Waals surface area contributed by atoms with Crippen LogP contribution in [0.15, 0.2) is 40.9 Å². The number of rotatable bonds is 7. The summed E-state index contributed by atoms with van der Waals surface area (Å²) >= 11 is 9.20. The van der Waals surface area contributed by atoms with Crippen molar-refractivity contribution in [2.75, 3.05) is 19.8 Å². The Morgan fingerprint density at radius 1 is 1.17 bits per heavy atom. The van der Waals surface area contributed by atoms with Gasteiger partial charge in [-0.25, -0.2) is 0 Å². The van der Waals surface area contributed by atoms with Crippen LogP contribution in [0.1, 0.15) is 11.1 Å². The first-order chi connectivity index (χ1) is 11.5. The lowest BCUT2D eigenvalue weighted by Gasteiger charge is -2.12. The second kappa shape index (κ2) is 8.94. The Morgan fingerprint density at radius 3 is 2.71 bits per heavy atom. The van der Waals surface area contributed by atoms with Crippen molar-refractivity contribution in [2.45, 2.75) is 13.8 Å². The molecule has 1 N–H and O–H groups in total. The number of halogens is 2. The van der Waals surface area contributed by atoms with Crippen LogP contribution < -0.4 is 14.8 Å². The maximum atomic E-state index is 11.8. The van der Waals surface area contributed by atoms with E-state index >= 15 is 0 Å². The first-order valence-electron chi connectivity index (χ1n) is 7.51. The third-order valence-corrected chi connectivity index (χ3v) is 4.34. The molecule has 0 aliphatic heterocycles. The smallest absolute Gasteiger partial charge is 0.258 e. The molecule has 0 radical (unpaired) electrons. The van der Waals surface area contributed by atoms with Crippen LogP contribution in [-0.2, 0) is 4.79 Å². The predicted octanol–water partition coefficient (Wildman–Crippen LogP) is 4.29. The zero-order valence-electron chi connectivity index (χ0n) is 13.6. The summed E-state index contributed by atoms with van der Waals surface area (Å²) in [6, 6.07) is 11.0. The van der Waals surface area contributed by atoms with Crippen LogP contribution in [0.5, 0.6) is 11.5 Å². The van der Waals surface area contributed by atoms with Crippen LogP contribution >= 0.6 is 27.5 Å². The van der Waals surface area contributed by atoms with Crippen molar-refractivity contribution in [3.63, 3.8) is 0 Å². The fourth-order valence-electron chi connectivity index (χ4n) is 2.02. The molecular weight excluding hydrogens is 394 g/mol. The van der Waals surface area contributed by atoms with Crippen LogP contribution in [-0.4, -0.2) is 25.7 Å². The first kappa shape index (κ1) is 18.6. The topological polar surface area (TPSA) is 47.6 Å². The molecule has 128 valence electrons. The maximum absolute atomic E-state index is 11.8. The average Bonchev–Trinajstić information content (AvgIpc) is 2.54. The maximum Gasteiger partial charge on any atom is 0.258 e. The summed E-state index contributed by atoms with van der Waals surface area (Å²) in [6.07, 6.45) is 0. The Hall–Kier alpha value is -1.72. The van der Waals surface area contributed by atoms with Gasteiger partial charge in [0.05, 0.1) is 11.0 Å². The lowest BCUT2D eigenvalue weighted by molar-refractivity contribution is -0.123. The molecule has 0 aliphatic rings. The van der Waals surface area contributed by atoms with Gasteiger partial charge >= 0.3 is 0 Å². The molecule has 4 nitrogen and oxygen atoms in total. The minimum atomic E-state index is -0.207. The molecule has 24 heavy (non-hydrogen) atoms. The lowest BCUT2D eigenvalue weighted by atomic mass is 10.1. The van der Waals surface area contributed by atoms with E-state index in [-0.39, 0.29) is 12.5 Å². The van der Waals surface area contributed by atoms with E-state index in [1.165, 1.54) is 5.56 Å². The Bertz CT molecular complexity index is 721. The summed E-state index contributed by atoms with van der Waals surface area (Å²) in [7, 11) is 0. The van der Waals surface area contributed by atoms with Crippen molar-refractivity contribution in [3.05, 3.63) is 57.0 Å². The number of hydrogen-bond donors (Lipinski definition) is 1. The van der Waals surface area contributed by atoms with E-state index in [4.69, 9.17) is 21.1 Å². The van der Waals surface area contributed by atoms with E-state index in [2.05, 4.69) is 21.2 Å². The van der Waals surface area contributed by atoms with E-state index in [0.29, 0.717) is 28.4 Å². The van der Waals surface area contributed by atoms with Gasteiger partial charge in [0.15, 0.2) is 6.61 Å². The highest BCUT2D eigenvalue weighted by Crippen LogP contribution is 2.27. The van der Waals surface area contributed by atoms with Gasteiger partial charge < -0.3 is 14.8 Å². The monoisotopic (exact) mass is 411 g/mol. The van der Waals surface area contributed by atoms with Gasteiger partial charge in [-0.05, 0) is 65.2 Å². The van der Waals surface area contributed by atoms with Gasteiger partial charge in [0.25, 0.3) is 5.91 Å². The number of benzene rings is 2. The largest absolute Gasteiger partial charge is 0.491 e. The number of nitrogens with one attached hydrogen (secondary N) is 1. The second-order valence-electron chi connectivity index (χ2n) is 5.26. The molecule has 0 bridgehead atoms. The fraction of sp³-hybridized carbons (Fsp3) is 0.278. The summed E-state index contributed by atoms with van der Waals surface area (Å²) in [5, 5.41) is 3.36. The summed E-state index contributed by atoms with van der Waals surface area (Å²) in [4.78, 5) is 11.8. The van der Waals surface area contributed by atoms with Crippen LogP contribution in [0, 0.1) is 13.8 Å². The predicted molar refractivity (Wildman–Crippen MR) is 99.1 cm³/mol. The third-order valence-electron chi connectivity index (χ3n) is 3.49. The van der Waals surface area contributed by atoms with Crippen molar-refractivity contribution < 1.29 is 14.3 Å². The molecule has 2 aromatic rings. The third kappa shape index (κ3) is 5.42. The van der Waals surface area contributed by atoms with Crippen molar-refractivity contribution in [2.24, 2.45) is 0 Å². The van der Waals surface area contributed by atoms with Crippen LogP contribution in [0.2, 0.25) is 5.02 Å². The van der Waals surface area contributed by atoms with Crippen molar-refractivity contribution >= 4 is 33.4 Å². The molecule has 0 aliphatic carbocycles. The molecule has 2 rings (SSSR count). The van der Waals surface area contributed by atoms with Gasteiger partial charge in [0, 0.05) is 5.02 Å². The normalized spacial score (nSPS) is 10.3. The Balaban J connectivity index is 1.71. The van der Waals surface area contributed by atoms with Crippen molar-refractivity contribution in [3.8, 4) is 11.5 Å². The molecular formula is C18H19BrClNO3. The van der Waals surface area contributed by atoms with Gasteiger partial charge in [0.2, 0.25) is 0 Å². The minimum absolute atomic E-state index is 0.0658. The van der Waals surface area contributed by atoms with Crippen LogP contribution in [0.3, 0.4) is 0 Å². The van der Waals surface area contributed by atoms with Crippen molar-refractivity contribution in [1.29, 1.82) is 0 Å². The van der Waals surface area contributed by atoms with Gasteiger partial charge in [-0.3, -0.25) is 4.79 Å². The number of amides is 1. The van der Waals surface area contributed by atoms with Gasteiger partial charge in [0.1, 0.15) is 18.1 Å².